The number of nitrogens with zero attached hydrogens (tertiary/aromatic N) is 4. The van der Waals surface area contributed by atoms with Gasteiger partial charge in [0.25, 0.3) is 5.91 Å². The maximum absolute atomic E-state index is 12.5. The van der Waals surface area contributed by atoms with Crippen LogP contribution in [-0.4, -0.2) is 55.2 Å². The van der Waals surface area contributed by atoms with Crippen molar-refractivity contribution in [3.05, 3.63) is 64.6 Å². The summed E-state index contributed by atoms with van der Waals surface area (Å²) >= 11 is 1.50. The maximum atomic E-state index is 12.5. The van der Waals surface area contributed by atoms with Crippen molar-refractivity contribution in [2.45, 2.75) is 20.8 Å². The molecule has 0 N–H and O–H groups in total. The summed E-state index contributed by atoms with van der Waals surface area (Å²) in [5.41, 5.74) is 4.84. The van der Waals surface area contributed by atoms with Crippen LogP contribution in [0.25, 0.3) is 6.08 Å². The number of piperazine rings is 1. The van der Waals surface area contributed by atoms with Crippen LogP contribution in [0.2, 0.25) is 0 Å². The first-order valence-corrected chi connectivity index (χ1v) is 11.8. The topological polar surface area (TPSA) is 39.1 Å². The fourth-order valence-corrected chi connectivity index (χ4v) is 5.08. The van der Waals surface area contributed by atoms with E-state index >= 15 is 0 Å². The van der Waals surface area contributed by atoms with E-state index in [0.717, 1.165) is 50.0 Å². The molecule has 0 aliphatic carbocycles. The molecule has 1 saturated heterocycles. The van der Waals surface area contributed by atoms with Gasteiger partial charge in [0, 0.05) is 50.6 Å². The molecule has 0 atom stereocenters. The van der Waals surface area contributed by atoms with Gasteiger partial charge in [0.2, 0.25) is 0 Å². The first-order valence-electron chi connectivity index (χ1n) is 11.0. The summed E-state index contributed by atoms with van der Waals surface area (Å²) in [4.78, 5) is 24.5. The van der Waals surface area contributed by atoms with Crippen molar-refractivity contribution in [1.29, 1.82) is 0 Å². The average molecular weight is 435 g/mol. The van der Waals surface area contributed by atoms with E-state index in [1.54, 1.807) is 0 Å². The lowest BCUT2D eigenvalue weighted by Gasteiger charge is -2.37. The van der Waals surface area contributed by atoms with Crippen molar-refractivity contribution in [3.8, 4) is 0 Å². The fraction of sp³-hybridized carbons (Fsp3) is 0.360. The van der Waals surface area contributed by atoms with Crippen molar-refractivity contribution in [3.63, 3.8) is 0 Å². The maximum Gasteiger partial charge on any atom is 0.286 e. The Bertz CT molecular complexity index is 987. The van der Waals surface area contributed by atoms with Gasteiger partial charge in [-0.3, -0.25) is 4.79 Å². The van der Waals surface area contributed by atoms with E-state index in [2.05, 4.69) is 89.0 Å². The molecule has 0 aromatic heterocycles. The highest BCUT2D eigenvalue weighted by Crippen LogP contribution is 2.31. The largest absolute Gasteiger partial charge is 0.372 e. The quantitative estimate of drug-likeness (QED) is 0.642. The molecule has 31 heavy (non-hydrogen) atoms. The third-order valence-electron chi connectivity index (χ3n) is 5.93. The Morgan fingerprint density at radius 2 is 1.61 bits per heavy atom. The van der Waals surface area contributed by atoms with Crippen LogP contribution in [0.5, 0.6) is 0 Å². The number of amides is 1. The number of amidine groups is 1. The van der Waals surface area contributed by atoms with Crippen LogP contribution in [-0.2, 0) is 4.79 Å². The monoisotopic (exact) mass is 434 g/mol. The van der Waals surface area contributed by atoms with Crippen molar-refractivity contribution in [1.82, 2.24) is 4.90 Å². The zero-order chi connectivity index (χ0) is 21.8. The standard InChI is InChI=1S/C25H30N4OS/c1-4-27(5-2)21-12-10-20(11-13-21)18-23-24(30)26-25(31-23)29-16-14-28(15-17-29)22-9-7-6-8-19(22)3/h6-13,18H,4-5,14-17H2,1-3H3/b23-18+. The highest BCUT2D eigenvalue weighted by atomic mass is 32.2. The molecule has 1 amide bonds. The fourth-order valence-electron chi connectivity index (χ4n) is 4.11. The molecule has 1 fully saturated rings. The van der Waals surface area contributed by atoms with Crippen molar-refractivity contribution in [2.24, 2.45) is 4.99 Å². The summed E-state index contributed by atoms with van der Waals surface area (Å²) in [7, 11) is 0. The molecule has 162 valence electrons. The van der Waals surface area contributed by atoms with Crippen molar-refractivity contribution in [2.75, 3.05) is 49.1 Å². The highest BCUT2D eigenvalue weighted by molar-refractivity contribution is 8.18. The molecular formula is C25H30N4OS. The van der Waals surface area contributed by atoms with Gasteiger partial charge in [-0.05, 0) is 67.9 Å². The lowest BCUT2D eigenvalue weighted by Crippen LogP contribution is -2.48. The smallest absolute Gasteiger partial charge is 0.286 e. The summed E-state index contributed by atoms with van der Waals surface area (Å²) in [6, 6.07) is 16.9. The molecule has 4 rings (SSSR count). The van der Waals surface area contributed by atoms with E-state index in [1.807, 2.05) is 6.08 Å². The van der Waals surface area contributed by atoms with Crippen LogP contribution < -0.4 is 9.80 Å². The summed E-state index contributed by atoms with van der Waals surface area (Å²) in [6.45, 7) is 12.1. The zero-order valence-electron chi connectivity index (χ0n) is 18.5. The number of rotatable bonds is 5. The van der Waals surface area contributed by atoms with Gasteiger partial charge in [-0.25, -0.2) is 0 Å². The van der Waals surface area contributed by atoms with E-state index in [1.165, 1.54) is 28.7 Å². The Morgan fingerprint density at radius 1 is 0.968 bits per heavy atom. The Hall–Kier alpha value is -2.73. The summed E-state index contributed by atoms with van der Waals surface area (Å²) in [5.74, 6) is -0.130. The Balaban J connectivity index is 1.38. The van der Waals surface area contributed by atoms with Crippen LogP contribution in [0.1, 0.15) is 25.0 Å². The second kappa shape index (κ2) is 9.60. The molecule has 2 aromatic rings. The van der Waals surface area contributed by atoms with Gasteiger partial charge in [-0.15, -0.1) is 0 Å². The van der Waals surface area contributed by atoms with Gasteiger partial charge >= 0.3 is 0 Å². The molecule has 0 saturated carbocycles. The molecule has 0 bridgehead atoms. The van der Waals surface area contributed by atoms with Gasteiger partial charge in [-0.1, -0.05) is 30.3 Å². The molecule has 2 aliphatic heterocycles. The average Bonchev–Trinajstić information content (AvgIpc) is 3.16. The Morgan fingerprint density at radius 3 is 2.26 bits per heavy atom. The lowest BCUT2D eigenvalue weighted by atomic mass is 10.1. The van der Waals surface area contributed by atoms with Gasteiger partial charge < -0.3 is 14.7 Å². The molecule has 0 unspecified atom stereocenters. The second-order valence-electron chi connectivity index (χ2n) is 7.83. The number of aryl methyl sites for hydroxylation is 1. The molecule has 5 nitrogen and oxygen atoms in total. The second-order valence-corrected chi connectivity index (χ2v) is 8.84. The normalized spacial score (nSPS) is 18.0. The number of benzene rings is 2. The molecule has 2 heterocycles. The predicted molar refractivity (Wildman–Crippen MR) is 133 cm³/mol. The summed E-state index contributed by atoms with van der Waals surface area (Å²) in [5, 5.41) is 0.834. The van der Waals surface area contributed by atoms with Crippen molar-refractivity contribution >= 4 is 40.3 Å². The third-order valence-corrected chi connectivity index (χ3v) is 6.98. The van der Waals surface area contributed by atoms with Crippen LogP contribution >= 0.6 is 11.8 Å². The lowest BCUT2D eigenvalue weighted by molar-refractivity contribution is -0.113. The predicted octanol–water partition coefficient (Wildman–Crippen LogP) is 4.63. The molecule has 2 aromatic carbocycles. The third kappa shape index (κ3) is 4.79. The molecule has 0 spiro atoms. The number of aliphatic imine (C=N–C) groups is 1. The van der Waals surface area contributed by atoms with E-state index in [0.29, 0.717) is 4.91 Å². The number of hydrogen-bond acceptors (Lipinski definition) is 5. The number of hydrogen-bond donors (Lipinski definition) is 0. The van der Waals surface area contributed by atoms with E-state index < -0.39 is 0 Å². The SMILES string of the molecule is CCN(CC)c1ccc(/C=C2/SC(N3CCN(c4ccccc4C)CC3)=NC2=O)cc1. The number of para-hydroxylation sites is 1. The minimum atomic E-state index is -0.130. The van der Waals surface area contributed by atoms with Crippen molar-refractivity contribution < 1.29 is 4.79 Å². The Kier molecular flexibility index (Phi) is 6.66. The number of thioether (sulfide) groups is 1. The minimum absolute atomic E-state index is 0.130. The molecule has 6 heteroatoms. The first-order chi connectivity index (χ1) is 15.1. The van der Waals surface area contributed by atoms with Gasteiger partial charge in [0.15, 0.2) is 5.17 Å². The molecule has 0 radical (unpaired) electrons. The van der Waals surface area contributed by atoms with Crippen LogP contribution in [0.3, 0.4) is 0 Å². The van der Waals surface area contributed by atoms with E-state index in [9.17, 15) is 4.79 Å². The van der Waals surface area contributed by atoms with Crippen LogP contribution in [0.4, 0.5) is 11.4 Å². The summed E-state index contributed by atoms with van der Waals surface area (Å²) < 4.78 is 0. The highest BCUT2D eigenvalue weighted by Gasteiger charge is 2.28. The van der Waals surface area contributed by atoms with Crippen LogP contribution in [0.15, 0.2) is 58.4 Å². The Labute approximate surface area is 189 Å². The van der Waals surface area contributed by atoms with Crippen LogP contribution in [0, 0.1) is 6.92 Å². The zero-order valence-corrected chi connectivity index (χ0v) is 19.4. The first kappa shape index (κ1) is 21.5. The number of carbonyl (C=O) groups excluding carboxylic acids is 1. The van der Waals surface area contributed by atoms with Gasteiger partial charge in [0.05, 0.1) is 4.91 Å². The van der Waals surface area contributed by atoms with E-state index in [4.69, 9.17) is 0 Å². The number of anilines is 2. The molecular weight excluding hydrogens is 404 g/mol. The summed E-state index contributed by atoms with van der Waals surface area (Å²) in [6.07, 6.45) is 1.96. The minimum Gasteiger partial charge on any atom is -0.372 e. The number of carbonyl (C=O) groups is 1. The van der Waals surface area contributed by atoms with E-state index in [-0.39, 0.29) is 5.91 Å². The molecule has 2 aliphatic rings. The van der Waals surface area contributed by atoms with Gasteiger partial charge in [-0.2, -0.15) is 4.99 Å². The van der Waals surface area contributed by atoms with Gasteiger partial charge in [0.1, 0.15) is 0 Å².